The van der Waals surface area contributed by atoms with Crippen molar-refractivity contribution < 1.29 is 8.42 Å². The molecule has 0 radical (unpaired) electrons. The first-order valence-electron chi connectivity index (χ1n) is 6.77. The van der Waals surface area contributed by atoms with Gasteiger partial charge in [-0.2, -0.15) is 0 Å². The Bertz CT molecular complexity index is 557. The molecule has 1 aromatic carbocycles. The predicted molar refractivity (Wildman–Crippen MR) is 86.3 cm³/mol. The van der Waals surface area contributed by atoms with Crippen molar-refractivity contribution in [1.82, 2.24) is 10.0 Å². The zero-order chi connectivity index (χ0) is 15.3. The molecule has 0 bridgehead atoms. The molecule has 0 fully saturated rings. The highest BCUT2D eigenvalue weighted by molar-refractivity contribution is 9.10. The van der Waals surface area contributed by atoms with Crippen LogP contribution in [0, 0.1) is 12.8 Å². The topological polar surface area (TPSA) is 58.2 Å². The van der Waals surface area contributed by atoms with Gasteiger partial charge in [0, 0.05) is 17.6 Å². The quantitative estimate of drug-likeness (QED) is 0.783. The van der Waals surface area contributed by atoms with E-state index in [2.05, 4.69) is 26.0 Å². The Hall–Kier alpha value is -0.430. The van der Waals surface area contributed by atoms with E-state index in [0.717, 1.165) is 17.7 Å². The molecule has 0 spiro atoms. The van der Waals surface area contributed by atoms with E-state index in [0.29, 0.717) is 22.5 Å². The van der Waals surface area contributed by atoms with Crippen LogP contribution in [0.25, 0.3) is 0 Å². The third-order valence-corrected chi connectivity index (χ3v) is 5.59. The first-order valence-corrected chi connectivity index (χ1v) is 9.05. The summed E-state index contributed by atoms with van der Waals surface area (Å²) in [5.41, 5.74) is 1.89. The number of halogens is 1. The monoisotopic (exact) mass is 362 g/mol. The second kappa shape index (κ2) is 7.54. The molecule has 0 aliphatic heterocycles. The lowest BCUT2D eigenvalue weighted by Crippen LogP contribution is -2.28. The molecule has 0 aliphatic rings. The van der Waals surface area contributed by atoms with Gasteiger partial charge in [-0.15, -0.1) is 0 Å². The van der Waals surface area contributed by atoms with E-state index < -0.39 is 10.0 Å². The van der Waals surface area contributed by atoms with Gasteiger partial charge in [0.15, 0.2) is 0 Å². The molecule has 2 N–H and O–H groups in total. The normalized spacial score (nSPS) is 12.1. The lowest BCUT2D eigenvalue weighted by molar-refractivity contribution is 0.559. The van der Waals surface area contributed by atoms with Gasteiger partial charge in [0.25, 0.3) is 0 Å². The fourth-order valence-electron chi connectivity index (χ4n) is 1.73. The molecule has 0 saturated heterocycles. The molecule has 0 unspecified atom stereocenters. The fourth-order valence-corrected chi connectivity index (χ4v) is 4.01. The van der Waals surface area contributed by atoms with Gasteiger partial charge in [0.2, 0.25) is 10.0 Å². The largest absolute Gasteiger partial charge is 0.313 e. The van der Waals surface area contributed by atoms with Crippen LogP contribution in [0.2, 0.25) is 0 Å². The van der Waals surface area contributed by atoms with Crippen molar-refractivity contribution in [3.63, 3.8) is 0 Å². The number of aryl methyl sites for hydroxylation is 1. The van der Waals surface area contributed by atoms with E-state index in [9.17, 15) is 8.42 Å². The molecule has 20 heavy (non-hydrogen) atoms. The number of hydrogen-bond donors (Lipinski definition) is 2. The summed E-state index contributed by atoms with van der Waals surface area (Å²) in [6, 6.07) is 3.72. The summed E-state index contributed by atoms with van der Waals surface area (Å²) in [4.78, 5) is 0.311. The number of nitrogens with one attached hydrogen (secondary N) is 2. The molecule has 6 heteroatoms. The Kier molecular flexibility index (Phi) is 6.64. The van der Waals surface area contributed by atoms with Crippen molar-refractivity contribution in [2.75, 3.05) is 13.1 Å². The van der Waals surface area contributed by atoms with E-state index in [1.807, 2.05) is 33.8 Å². The van der Waals surface area contributed by atoms with Crippen LogP contribution in [0.5, 0.6) is 0 Å². The summed E-state index contributed by atoms with van der Waals surface area (Å²) < 4.78 is 28.0. The highest BCUT2D eigenvalue weighted by Gasteiger charge is 2.19. The average Bonchev–Trinajstić information content (AvgIpc) is 2.37. The molecular weight excluding hydrogens is 340 g/mol. The van der Waals surface area contributed by atoms with Gasteiger partial charge in [0.05, 0.1) is 4.90 Å². The summed E-state index contributed by atoms with van der Waals surface area (Å²) in [6.45, 7) is 9.83. The van der Waals surface area contributed by atoms with Crippen molar-refractivity contribution >= 4 is 26.0 Å². The molecule has 0 heterocycles. The van der Waals surface area contributed by atoms with Crippen molar-refractivity contribution in [2.45, 2.75) is 39.1 Å². The Balaban J connectivity index is 3.12. The molecule has 1 rings (SSSR count). The average molecular weight is 363 g/mol. The standard InChI is InChI=1S/C14H23BrN2O2S/c1-5-16-9-12-6-11(4)14(15)13(7-12)20(18,19)17-8-10(2)3/h6-7,10,16-17H,5,8-9H2,1-4H3. The third-order valence-electron chi connectivity index (χ3n) is 2.83. The third kappa shape index (κ3) is 4.84. The highest BCUT2D eigenvalue weighted by atomic mass is 79.9. The molecule has 0 aliphatic carbocycles. The van der Waals surface area contributed by atoms with Crippen LogP contribution in [-0.4, -0.2) is 21.5 Å². The van der Waals surface area contributed by atoms with Crippen molar-refractivity contribution in [1.29, 1.82) is 0 Å². The highest BCUT2D eigenvalue weighted by Crippen LogP contribution is 2.27. The maximum atomic E-state index is 12.4. The van der Waals surface area contributed by atoms with Gasteiger partial charge in [-0.1, -0.05) is 26.8 Å². The molecule has 4 nitrogen and oxygen atoms in total. The summed E-state index contributed by atoms with van der Waals surface area (Å²) in [6.07, 6.45) is 0. The molecule has 0 atom stereocenters. The molecular formula is C14H23BrN2O2S. The zero-order valence-electron chi connectivity index (χ0n) is 12.5. The van der Waals surface area contributed by atoms with Crippen LogP contribution >= 0.6 is 15.9 Å². The van der Waals surface area contributed by atoms with Gasteiger partial charge in [-0.05, 0) is 52.5 Å². The zero-order valence-corrected chi connectivity index (χ0v) is 14.9. The van der Waals surface area contributed by atoms with Crippen LogP contribution in [-0.2, 0) is 16.6 Å². The molecule has 0 aromatic heterocycles. The lowest BCUT2D eigenvalue weighted by atomic mass is 10.1. The van der Waals surface area contributed by atoms with Gasteiger partial charge in [-0.25, -0.2) is 13.1 Å². The first-order chi connectivity index (χ1) is 9.27. The van der Waals surface area contributed by atoms with Crippen molar-refractivity contribution in [3.8, 4) is 0 Å². The second-order valence-electron chi connectivity index (χ2n) is 5.25. The maximum Gasteiger partial charge on any atom is 0.241 e. The minimum Gasteiger partial charge on any atom is -0.313 e. The summed E-state index contributed by atoms with van der Waals surface area (Å²) in [7, 11) is -3.48. The number of benzene rings is 1. The van der Waals surface area contributed by atoms with Gasteiger partial charge in [-0.3, -0.25) is 0 Å². The van der Waals surface area contributed by atoms with E-state index in [1.54, 1.807) is 6.07 Å². The number of hydrogen-bond acceptors (Lipinski definition) is 3. The summed E-state index contributed by atoms with van der Waals surface area (Å²) in [5.74, 6) is 0.273. The van der Waals surface area contributed by atoms with Crippen LogP contribution in [0.4, 0.5) is 0 Å². The summed E-state index contributed by atoms with van der Waals surface area (Å²) >= 11 is 3.39. The minimum atomic E-state index is -3.48. The van der Waals surface area contributed by atoms with Gasteiger partial charge in [0.1, 0.15) is 0 Å². The molecule has 0 saturated carbocycles. The Morgan fingerprint density at radius 3 is 2.50 bits per heavy atom. The predicted octanol–water partition coefficient (Wildman–Crippen LogP) is 2.80. The first kappa shape index (κ1) is 17.6. The maximum absolute atomic E-state index is 12.4. The lowest BCUT2D eigenvalue weighted by Gasteiger charge is -2.14. The van der Waals surface area contributed by atoms with Gasteiger partial charge >= 0.3 is 0 Å². The Morgan fingerprint density at radius 2 is 1.95 bits per heavy atom. The van der Waals surface area contributed by atoms with Gasteiger partial charge < -0.3 is 5.32 Å². The van der Waals surface area contributed by atoms with E-state index in [4.69, 9.17) is 0 Å². The Morgan fingerprint density at radius 1 is 1.30 bits per heavy atom. The smallest absolute Gasteiger partial charge is 0.241 e. The van der Waals surface area contributed by atoms with Crippen molar-refractivity contribution in [2.24, 2.45) is 5.92 Å². The molecule has 114 valence electrons. The second-order valence-corrected chi connectivity index (χ2v) is 7.78. The van der Waals surface area contributed by atoms with E-state index in [1.165, 1.54) is 0 Å². The fraction of sp³-hybridized carbons (Fsp3) is 0.571. The SMILES string of the molecule is CCNCc1cc(C)c(Br)c(S(=O)(=O)NCC(C)C)c1. The Labute approximate surface area is 130 Å². The van der Waals surface area contributed by atoms with Crippen LogP contribution in [0.3, 0.4) is 0 Å². The minimum absolute atomic E-state index is 0.273. The number of sulfonamides is 1. The summed E-state index contributed by atoms with van der Waals surface area (Å²) in [5, 5.41) is 3.21. The van der Waals surface area contributed by atoms with Crippen molar-refractivity contribution in [3.05, 3.63) is 27.7 Å². The van der Waals surface area contributed by atoms with Crippen LogP contribution in [0.1, 0.15) is 31.9 Å². The van der Waals surface area contributed by atoms with E-state index in [-0.39, 0.29) is 5.92 Å². The van der Waals surface area contributed by atoms with Crippen LogP contribution < -0.4 is 10.0 Å². The van der Waals surface area contributed by atoms with Crippen LogP contribution in [0.15, 0.2) is 21.5 Å². The number of rotatable bonds is 7. The van der Waals surface area contributed by atoms with E-state index >= 15 is 0 Å². The molecule has 0 amide bonds. The molecule has 1 aromatic rings.